The zero-order valence-electron chi connectivity index (χ0n) is 11.6. The molecule has 116 valence electrons. The number of amides is 1. The first-order valence-corrected chi connectivity index (χ1v) is 7.31. The number of hydrogen-bond acceptors (Lipinski definition) is 4. The van der Waals surface area contributed by atoms with Gasteiger partial charge in [0, 0.05) is 16.8 Å². The molecule has 3 rings (SSSR count). The monoisotopic (exact) mass is 348 g/mol. The topological polar surface area (TPSA) is 75.4 Å². The molecule has 0 fully saturated rings. The van der Waals surface area contributed by atoms with Crippen LogP contribution in [0.25, 0.3) is 11.3 Å². The summed E-state index contributed by atoms with van der Waals surface area (Å²) in [5.41, 5.74) is 0.621. The van der Waals surface area contributed by atoms with E-state index in [2.05, 4.69) is 10.3 Å². The number of hydrogen-bond donors (Lipinski definition) is 2. The predicted molar refractivity (Wildman–Crippen MR) is 88.0 cm³/mol. The molecule has 1 amide bonds. The summed E-state index contributed by atoms with van der Waals surface area (Å²) in [5.74, 6) is -0.109. The minimum absolute atomic E-state index is 0.0555. The maximum atomic E-state index is 12.1. The lowest BCUT2D eigenvalue weighted by atomic mass is 10.2. The molecule has 0 bridgehead atoms. The van der Waals surface area contributed by atoms with Gasteiger partial charge in [-0.1, -0.05) is 23.2 Å². The molecular weight excluding hydrogens is 339 g/mol. The average Bonchev–Trinajstić information content (AvgIpc) is 2.99. The summed E-state index contributed by atoms with van der Waals surface area (Å²) in [6.45, 7) is 0. The molecule has 2 N–H and O–H groups in total. The van der Waals surface area contributed by atoms with Crippen molar-refractivity contribution in [3.8, 4) is 17.1 Å². The van der Waals surface area contributed by atoms with Gasteiger partial charge in [-0.25, -0.2) is 4.98 Å². The van der Waals surface area contributed by atoms with Crippen LogP contribution in [0.1, 0.15) is 10.6 Å². The van der Waals surface area contributed by atoms with Gasteiger partial charge >= 0.3 is 0 Å². The van der Waals surface area contributed by atoms with Crippen LogP contribution in [0, 0.1) is 0 Å². The van der Waals surface area contributed by atoms with E-state index < -0.39 is 5.91 Å². The van der Waals surface area contributed by atoms with Crippen LogP contribution < -0.4 is 5.32 Å². The number of carbonyl (C=O) groups is 1. The Morgan fingerprint density at radius 3 is 2.74 bits per heavy atom. The van der Waals surface area contributed by atoms with Gasteiger partial charge in [0.2, 0.25) is 0 Å². The number of nitrogens with one attached hydrogen (secondary N) is 1. The molecule has 1 aromatic carbocycles. The Hall–Kier alpha value is -2.50. The zero-order chi connectivity index (χ0) is 16.4. The number of aromatic nitrogens is 1. The van der Waals surface area contributed by atoms with E-state index in [1.807, 2.05) is 0 Å². The first-order chi connectivity index (χ1) is 11.0. The molecule has 23 heavy (non-hydrogen) atoms. The van der Waals surface area contributed by atoms with E-state index in [1.165, 1.54) is 18.3 Å². The molecule has 0 aliphatic heterocycles. The van der Waals surface area contributed by atoms with E-state index in [0.29, 0.717) is 21.4 Å². The summed E-state index contributed by atoms with van der Waals surface area (Å²) in [4.78, 5) is 16.0. The number of furan rings is 1. The maximum absolute atomic E-state index is 12.1. The van der Waals surface area contributed by atoms with Crippen molar-refractivity contribution in [1.82, 2.24) is 4.98 Å². The fourth-order valence-corrected chi connectivity index (χ4v) is 2.46. The SMILES string of the molecule is O=C(Nc1ncccc1O)c1ccc(-c2ccc(Cl)cc2Cl)o1. The van der Waals surface area contributed by atoms with Crippen molar-refractivity contribution < 1.29 is 14.3 Å². The normalized spacial score (nSPS) is 10.5. The number of benzene rings is 1. The van der Waals surface area contributed by atoms with Crippen molar-refractivity contribution in [3.63, 3.8) is 0 Å². The van der Waals surface area contributed by atoms with Crippen LogP contribution in [-0.4, -0.2) is 16.0 Å². The van der Waals surface area contributed by atoms with Crippen LogP contribution in [-0.2, 0) is 0 Å². The van der Waals surface area contributed by atoms with Crippen LogP contribution >= 0.6 is 23.2 Å². The van der Waals surface area contributed by atoms with Crippen molar-refractivity contribution in [3.05, 3.63) is 64.5 Å². The predicted octanol–water partition coefficient (Wildman–Crippen LogP) is 4.61. The molecule has 0 spiro atoms. The van der Waals surface area contributed by atoms with Gasteiger partial charge in [-0.15, -0.1) is 0 Å². The number of halogens is 2. The fraction of sp³-hybridized carbons (Fsp3) is 0. The quantitative estimate of drug-likeness (QED) is 0.724. The molecule has 7 heteroatoms. The highest BCUT2D eigenvalue weighted by Crippen LogP contribution is 2.31. The first kappa shape index (κ1) is 15.4. The third kappa shape index (κ3) is 3.31. The van der Waals surface area contributed by atoms with Gasteiger partial charge in [-0.3, -0.25) is 4.79 Å². The van der Waals surface area contributed by atoms with E-state index >= 15 is 0 Å². The summed E-state index contributed by atoms with van der Waals surface area (Å²) in [6.07, 6.45) is 1.45. The standard InChI is InChI=1S/C16H10Cl2N2O3/c17-9-3-4-10(11(18)8-9)13-5-6-14(23-13)16(22)20-15-12(21)2-1-7-19-15/h1-8,21H,(H,19,20,22). The second-order valence-electron chi connectivity index (χ2n) is 4.61. The summed E-state index contributed by atoms with van der Waals surface area (Å²) in [7, 11) is 0. The highest BCUT2D eigenvalue weighted by molar-refractivity contribution is 6.36. The minimum Gasteiger partial charge on any atom is -0.504 e. The molecule has 0 aliphatic rings. The Balaban J connectivity index is 1.84. The fourth-order valence-electron chi connectivity index (χ4n) is 1.96. The number of nitrogens with zero attached hydrogens (tertiary/aromatic N) is 1. The van der Waals surface area contributed by atoms with Gasteiger partial charge in [-0.05, 0) is 42.5 Å². The molecule has 0 radical (unpaired) electrons. The molecule has 0 unspecified atom stereocenters. The van der Waals surface area contributed by atoms with Crippen molar-refractivity contribution in [2.75, 3.05) is 5.32 Å². The van der Waals surface area contributed by atoms with Gasteiger partial charge in [0.15, 0.2) is 17.3 Å². The smallest absolute Gasteiger partial charge is 0.292 e. The van der Waals surface area contributed by atoms with Crippen molar-refractivity contribution in [2.45, 2.75) is 0 Å². The van der Waals surface area contributed by atoms with E-state index in [0.717, 1.165) is 0 Å². The molecule has 0 atom stereocenters. The summed E-state index contributed by atoms with van der Waals surface area (Å²) >= 11 is 12.0. The second-order valence-corrected chi connectivity index (χ2v) is 5.46. The lowest BCUT2D eigenvalue weighted by Crippen LogP contribution is -2.11. The Morgan fingerprint density at radius 1 is 1.17 bits per heavy atom. The molecular formula is C16H10Cl2N2O3. The van der Waals surface area contributed by atoms with Gasteiger partial charge < -0.3 is 14.8 Å². The Bertz CT molecular complexity index is 877. The Kier molecular flexibility index (Phi) is 4.23. The molecule has 3 aromatic rings. The molecule has 5 nitrogen and oxygen atoms in total. The first-order valence-electron chi connectivity index (χ1n) is 6.55. The van der Waals surface area contributed by atoms with Crippen LogP contribution in [0.5, 0.6) is 5.75 Å². The number of pyridine rings is 1. The highest BCUT2D eigenvalue weighted by Gasteiger charge is 2.16. The third-order valence-corrected chi connectivity index (χ3v) is 3.59. The summed E-state index contributed by atoms with van der Waals surface area (Å²) in [6, 6.07) is 11.1. The van der Waals surface area contributed by atoms with E-state index in [-0.39, 0.29) is 17.3 Å². The van der Waals surface area contributed by atoms with E-state index in [1.54, 1.807) is 30.3 Å². The zero-order valence-corrected chi connectivity index (χ0v) is 13.1. The van der Waals surface area contributed by atoms with Crippen molar-refractivity contribution in [1.29, 1.82) is 0 Å². The Morgan fingerprint density at radius 2 is 2.00 bits per heavy atom. The highest BCUT2D eigenvalue weighted by atomic mass is 35.5. The summed E-state index contributed by atoms with van der Waals surface area (Å²) in [5, 5.41) is 13.0. The molecule has 2 aromatic heterocycles. The molecule has 2 heterocycles. The van der Waals surface area contributed by atoms with Crippen LogP contribution in [0.3, 0.4) is 0 Å². The van der Waals surface area contributed by atoms with Gasteiger partial charge in [0.05, 0.1) is 5.02 Å². The van der Waals surface area contributed by atoms with Crippen LogP contribution in [0.2, 0.25) is 10.0 Å². The minimum atomic E-state index is -0.532. The van der Waals surface area contributed by atoms with E-state index in [4.69, 9.17) is 27.6 Å². The molecule has 0 aliphatic carbocycles. The van der Waals surface area contributed by atoms with Crippen LogP contribution in [0.15, 0.2) is 53.1 Å². The van der Waals surface area contributed by atoms with Gasteiger partial charge in [0.1, 0.15) is 5.76 Å². The summed E-state index contributed by atoms with van der Waals surface area (Å²) < 4.78 is 5.52. The van der Waals surface area contributed by atoms with Crippen molar-refractivity contribution >= 4 is 34.9 Å². The average molecular weight is 349 g/mol. The number of aromatic hydroxyl groups is 1. The largest absolute Gasteiger partial charge is 0.504 e. The van der Waals surface area contributed by atoms with Crippen molar-refractivity contribution in [2.24, 2.45) is 0 Å². The van der Waals surface area contributed by atoms with Gasteiger partial charge in [0.25, 0.3) is 5.91 Å². The van der Waals surface area contributed by atoms with E-state index in [9.17, 15) is 9.90 Å². The maximum Gasteiger partial charge on any atom is 0.292 e. The number of anilines is 1. The van der Waals surface area contributed by atoms with Gasteiger partial charge in [-0.2, -0.15) is 0 Å². The number of rotatable bonds is 3. The molecule has 0 saturated heterocycles. The lowest BCUT2D eigenvalue weighted by Gasteiger charge is -2.04. The second kappa shape index (κ2) is 6.32. The third-order valence-electron chi connectivity index (χ3n) is 3.04. The molecule has 0 saturated carbocycles. The number of carbonyl (C=O) groups excluding carboxylic acids is 1. The Labute approximate surface area is 141 Å². The lowest BCUT2D eigenvalue weighted by molar-refractivity contribution is 0.0996. The van der Waals surface area contributed by atoms with Crippen LogP contribution in [0.4, 0.5) is 5.82 Å².